The lowest BCUT2D eigenvalue weighted by molar-refractivity contribution is 0.406. The summed E-state index contributed by atoms with van der Waals surface area (Å²) in [5.74, 6) is 1.01. The van der Waals surface area contributed by atoms with E-state index >= 15 is 0 Å². The molecule has 2 rings (SSSR count). The monoisotopic (exact) mass is 137 g/mol. The van der Waals surface area contributed by atoms with Gasteiger partial charge in [0.15, 0.2) is 0 Å². The van der Waals surface area contributed by atoms with E-state index in [0.29, 0.717) is 11.7 Å². The molecule has 0 bridgehead atoms. The zero-order valence-corrected chi connectivity index (χ0v) is 5.80. The molecule has 0 amide bonds. The van der Waals surface area contributed by atoms with E-state index in [-0.39, 0.29) is 0 Å². The molecule has 1 saturated heterocycles. The molecule has 2 heteroatoms. The maximum Gasteiger partial charge on any atom is 0.134 e. The SMILES string of the molecule is OC1=C2NCCC2CC=C1. The molecule has 0 aromatic carbocycles. The Kier molecular flexibility index (Phi) is 1.19. The molecule has 0 aromatic rings. The van der Waals surface area contributed by atoms with Crippen LogP contribution >= 0.6 is 0 Å². The number of allylic oxidation sites excluding steroid dienone is 3. The quantitative estimate of drug-likeness (QED) is 0.528. The molecule has 0 spiro atoms. The van der Waals surface area contributed by atoms with Crippen LogP contribution in [0.4, 0.5) is 0 Å². The summed E-state index contributed by atoms with van der Waals surface area (Å²) in [6.07, 6.45) is 6.08. The summed E-state index contributed by atoms with van der Waals surface area (Å²) in [7, 11) is 0. The van der Waals surface area contributed by atoms with E-state index in [1.165, 1.54) is 6.42 Å². The Morgan fingerprint density at radius 1 is 1.60 bits per heavy atom. The van der Waals surface area contributed by atoms with Crippen molar-refractivity contribution >= 4 is 0 Å². The van der Waals surface area contributed by atoms with Crippen molar-refractivity contribution in [3.63, 3.8) is 0 Å². The number of fused-ring (bicyclic) bond motifs is 1. The molecule has 1 atom stereocenters. The summed E-state index contributed by atoms with van der Waals surface area (Å²) in [4.78, 5) is 0. The summed E-state index contributed by atoms with van der Waals surface area (Å²) < 4.78 is 0. The Bertz CT molecular complexity index is 205. The highest BCUT2D eigenvalue weighted by Gasteiger charge is 2.24. The van der Waals surface area contributed by atoms with Crippen LogP contribution in [0.25, 0.3) is 0 Å². The average molecular weight is 137 g/mol. The normalized spacial score (nSPS) is 30.2. The van der Waals surface area contributed by atoms with E-state index in [0.717, 1.165) is 18.7 Å². The fourth-order valence-electron chi connectivity index (χ4n) is 1.64. The second-order valence-corrected chi connectivity index (χ2v) is 2.85. The molecule has 2 N–H and O–H groups in total. The third-order valence-corrected chi connectivity index (χ3v) is 2.19. The van der Waals surface area contributed by atoms with Gasteiger partial charge < -0.3 is 10.4 Å². The van der Waals surface area contributed by atoms with Gasteiger partial charge in [-0.1, -0.05) is 6.08 Å². The average Bonchev–Trinajstić information content (AvgIpc) is 2.36. The van der Waals surface area contributed by atoms with Gasteiger partial charge in [-0.3, -0.25) is 0 Å². The third-order valence-electron chi connectivity index (χ3n) is 2.19. The van der Waals surface area contributed by atoms with Crippen LogP contribution in [0.2, 0.25) is 0 Å². The first-order valence-electron chi connectivity index (χ1n) is 3.71. The molecule has 0 aromatic heterocycles. The van der Waals surface area contributed by atoms with Crippen LogP contribution in [0.1, 0.15) is 12.8 Å². The lowest BCUT2D eigenvalue weighted by Gasteiger charge is -2.13. The van der Waals surface area contributed by atoms with Crippen molar-refractivity contribution in [2.45, 2.75) is 12.8 Å². The maximum atomic E-state index is 9.31. The predicted molar refractivity (Wildman–Crippen MR) is 39.5 cm³/mol. The van der Waals surface area contributed by atoms with Gasteiger partial charge in [0.2, 0.25) is 0 Å². The van der Waals surface area contributed by atoms with Crippen LogP contribution in [0.5, 0.6) is 0 Å². The standard InChI is InChI=1S/C8H11NO/c10-7-3-1-2-6-4-5-9-8(6)7/h1,3,6,9-10H,2,4-5H2. The molecular weight excluding hydrogens is 126 g/mol. The van der Waals surface area contributed by atoms with Gasteiger partial charge in [0, 0.05) is 12.5 Å². The van der Waals surface area contributed by atoms with Crippen molar-refractivity contribution in [1.82, 2.24) is 5.32 Å². The van der Waals surface area contributed by atoms with Crippen LogP contribution in [0.3, 0.4) is 0 Å². The van der Waals surface area contributed by atoms with Gasteiger partial charge >= 0.3 is 0 Å². The molecule has 1 unspecified atom stereocenters. The Labute approximate surface area is 60.2 Å². The van der Waals surface area contributed by atoms with Gasteiger partial charge in [-0.05, 0) is 18.9 Å². The zero-order chi connectivity index (χ0) is 6.97. The van der Waals surface area contributed by atoms with Crippen LogP contribution in [-0.2, 0) is 0 Å². The lowest BCUT2D eigenvalue weighted by atomic mass is 9.96. The van der Waals surface area contributed by atoms with Crippen molar-refractivity contribution in [3.05, 3.63) is 23.6 Å². The molecule has 1 aliphatic heterocycles. The smallest absolute Gasteiger partial charge is 0.134 e. The summed E-state index contributed by atoms with van der Waals surface area (Å²) in [6, 6.07) is 0. The topological polar surface area (TPSA) is 32.3 Å². The molecule has 54 valence electrons. The Balaban J connectivity index is 2.32. The fraction of sp³-hybridized carbons (Fsp3) is 0.500. The maximum absolute atomic E-state index is 9.31. The molecule has 1 heterocycles. The van der Waals surface area contributed by atoms with E-state index in [1.54, 1.807) is 6.08 Å². The van der Waals surface area contributed by atoms with Crippen LogP contribution < -0.4 is 5.32 Å². The Morgan fingerprint density at radius 2 is 2.50 bits per heavy atom. The van der Waals surface area contributed by atoms with E-state index in [4.69, 9.17) is 0 Å². The first kappa shape index (κ1) is 5.83. The second kappa shape index (κ2) is 2.04. The van der Waals surface area contributed by atoms with Crippen LogP contribution in [0.15, 0.2) is 23.6 Å². The zero-order valence-electron chi connectivity index (χ0n) is 5.80. The molecule has 0 radical (unpaired) electrons. The molecule has 1 fully saturated rings. The molecule has 2 aliphatic rings. The van der Waals surface area contributed by atoms with E-state index in [1.807, 2.05) is 6.08 Å². The van der Waals surface area contributed by atoms with Crippen molar-refractivity contribution < 1.29 is 5.11 Å². The highest BCUT2D eigenvalue weighted by molar-refractivity contribution is 5.27. The number of aliphatic hydroxyl groups excluding tert-OH is 1. The summed E-state index contributed by atoms with van der Waals surface area (Å²) in [6.45, 7) is 1.02. The van der Waals surface area contributed by atoms with Crippen molar-refractivity contribution in [2.24, 2.45) is 5.92 Å². The van der Waals surface area contributed by atoms with Gasteiger partial charge in [-0.25, -0.2) is 0 Å². The highest BCUT2D eigenvalue weighted by Crippen LogP contribution is 2.28. The molecule has 10 heavy (non-hydrogen) atoms. The molecule has 0 saturated carbocycles. The summed E-state index contributed by atoms with van der Waals surface area (Å²) in [5.41, 5.74) is 1.06. The van der Waals surface area contributed by atoms with Crippen LogP contribution in [0, 0.1) is 5.92 Å². The third kappa shape index (κ3) is 0.719. The van der Waals surface area contributed by atoms with Crippen LogP contribution in [-0.4, -0.2) is 11.7 Å². The van der Waals surface area contributed by atoms with Gasteiger partial charge in [-0.15, -0.1) is 0 Å². The minimum absolute atomic E-state index is 0.439. The van der Waals surface area contributed by atoms with E-state index in [9.17, 15) is 5.11 Å². The first-order chi connectivity index (χ1) is 4.88. The minimum Gasteiger partial charge on any atom is -0.506 e. The second-order valence-electron chi connectivity index (χ2n) is 2.85. The van der Waals surface area contributed by atoms with Gasteiger partial charge in [-0.2, -0.15) is 0 Å². The number of rotatable bonds is 0. The highest BCUT2D eigenvalue weighted by atomic mass is 16.3. The van der Waals surface area contributed by atoms with E-state index < -0.39 is 0 Å². The Hall–Kier alpha value is -0.920. The molecule has 1 aliphatic carbocycles. The first-order valence-corrected chi connectivity index (χ1v) is 3.71. The van der Waals surface area contributed by atoms with Crippen molar-refractivity contribution in [3.8, 4) is 0 Å². The number of nitrogens with one attached hydrogen (secondary N) is 1. The summed E-state index contributed by atoms with van der Waals surface area (Å²) in [5, 5.41) is 12.5. The number of hydrogen-bond acceptors (Lipinski definition) is 2. The van der Waals surface area contributed by atoms with Crippen molar-refractivity contribution in [2.75, 3.05) is 6.54 Å². The van der Waals surface area contributed by atoms with Crippen molar-refractivity contribution in [1.29, 1.82) is 0 Å². The largest absolute Gasteiger partial charge is 0.506 e. The summed E-state index contributed by atoms with van der Waals surface area (Å²) >= 11 is 0. The van der Waals surface area contributed by atoms with E-state index in [2.05, 4.69) is 5.32 Å². The number of hydrogen-bond donors (Lipinski definition) is 2. The minimum atomic E-state index is 0.439. The van der Waals surface area contributed by atoms with Gasteiger partial charge in [0.1, 0.15) is 5.76 Å². The van der Waals surface area contributed by atoms with Gasteiger partial charge in [0.25, 0.3) is 0 Å². The number of aliphatic hydroxyl groups is 1. The predicted octanol–water partition coefficient (Wildman–Crippen LogP) is 1.33. The Morgan fingerprint density at radius 3 is 3.30 bits per heavy atom. The van der Waals surface area contributed by atoms with Gasteiger partial charge in [0.05, 0.1) is 5.70 Å². The molecular formula is C8H11NO. The lowest BCUT2D eigenvalue weighted by Crippen LogP contribution is -2.11. The fourth-order valence-corrected chi connectivity index (χ4v) is 1.64. The molecule has 2 nitrogen and oxygen atoms in total.